The number of carbonyl (C=O) groups excluding carboxylic acids is 1. The van der Waals surface area contributed by atoms with Gasteiger partial charge in [0.05, 0.1) is 0 Å². The Bertz CT molecular complexity index is 587. The molecule has 2 nitrogen and oxygen atoms in total. The molecular weight excluding hydrogens is 284 g/mol. The summed E-state index contributed by atoms with van der Waals surface area (Å²) in [6, 6.07) is 0. The first kappa shape index (κ1) is 15.6. The second-order valence-corrected chi connectivity index (χ2v) is 8.89. The molecule has 0 aromatic rings. The number of carbonyl (C=O) groups is 1. The standard InChI is InChI=1S/C21H30O2/c1-20-11-4-3-5-14(20)6-7-15-16-8-9-18(19(23)13-22)21(16,2)12-10-17(15)20/h8-9,14-15,17,22H,3-7,10-13H2,1-2H3/t14?,15-,17-,20-,21-/m0/s1. The van der Waals surface area contributed by atoms with Gasteiger partial charge in [-0.3, -0.25) is 4.79 Å². The number of Topliss-reactive ketones (excluding diaryl/α,β-unsaturated/α-hetero) is 1. The highest BCUT2D eigenvalue weighted by atomic mass is 16.3. The maximum absolute atomic E-state index is 12.2. The molecule has 0 saturated heterocycles. The van der Waals surface area contributed by atoms with E-state index in [0.717, 1.165) is 23.8 Å². The number of aliphatic hydroxyl groups excluding tert-OH is 1. The van der Waals surface area contributed by atoms with Gasteiger partial charge in [0.2, 0.25) is 0 Å². The van der Waals surface area contributed by atoms with Crippen LogP contribution in [0.4, 0.5) is 0 Å². The van der Waals surface area contributed by atoms with Crippen LogP contribution < -0.4 is 0 Å². The molecule has 3 saturated carbocycles. The van der Waals surface area contributed by atoms with Crippen molar-refractivity contribution in [2.75, 3.05) is 6.61 Å². The van der Waals surface area contributed by atoms with E-state index in [2.05, 4.69) is 19.9 Å². The van der Waals surface area contributed by atoms with Crippen molar-refractivity contribution < 1.29 is 9.90 Å². The molecule has 5 atom stereocenters. The highest BCUT2D eigenvalue weighted by Gasteiger charge is 2.56. The van der Waals surface area contributed by atoms with Crippen LogP contribution in [-0.2, 0) is 4.79 Å². The molecule has 0 amide bonds. The van der Waals surface area contributed by atoms with Gasteiger partial charge in [0, 0.05) is 11.0 Å². The second kappa shape index (κ2) is 5.31. The van der Waals surface area contributed by atoms with Crippen LogP contribution in [0.25, 0.3) is 0 Å². The fourth-order valence-corrected chi connectivity index (χ4v) is 6.78. The molecular formula is C21H30O2. The quantitative estimate of drug-likeness (QED) is 0.818. The molecule has 0 aliphatic heterocycles. The fraction of sp³-hybridized carbons (Fsp3) is 0.762. The SMILES string of the molecule is C[C@]12CC[C@H]3[C@@H](CCC4CCCC[C@@]43C)C1=CC=C2C(=O)CO. The maximum atomic E-state index is 12.2. The predicted octanol–water partition coefficient (Wildman–Crippen LogP) is 4.44. The van der Waals surface area contributed by atoms with Crippen LogP contribution in [-0.4, -0.2) is 17.5 Å². The molecule has 4 aliphatic rings. The van der Waals surface area contributed by atoms with Gasteiger partial charge in [-0.1, -0.05) is 44.4 Å². The van der Waals surface area contributed by atoms with Crippen molar-refractivity contribution in [1.29, 1.82) is 0 Å². The Balaban J connectivity index is 1.65. The van der Waals surface area contributed by atoms with Gasteiger partial charge in [-0.25, -0.2) is 0 Å². The number of hydrogen-bond acceptors (Lipinski definition) is 2. The zero-order valence-electron chi connectivity index (χ0n) is 14.6. The summed E-state index contributed by atoms with van der Waals surface area (Å²) in [6.07, 6.45) is 14.9. The van der Waals surface area contributed by atoms with Gasteiger partial charge in [-0.05, 0) is 61.7 Å². The zero-order valence-corrected chi connectivity index (χ0v) is 14.6. The summed E-state index contributed by atoms with van der Waals surface area (Å²) >= 11 is 0. The van der Waals surface area contributed by atoms with E-state index in [1.54, 1.807) is 0 Å². The van der Waals surface area contributed by atoms with E-state index in [4.69, 9.17) is 0 Å². The lowest BCUT2D eigenvalue weighted by Gasteiger charge is -2.58. The zero-order chi connectivity index (χ0) is 16.2. The number of hydrogen-bond donors (Lipinski definition) is 1. The van der Waals surface area contributed by atoms with Crippen molar-refractivity contribution >= 4 is 5.78 Å². The van der Waals surface area contributed by atoms with E-state index in [0.29, 0.717) is 11.3 Å². The minimum atomic E-state index is -0.351. The summed E-state index contributed by atoms with van der Waals surface area (Å²) in [4.78, 5) is 12.2. The molecule has 4 aliphatic carbocycles. The van der Waals surface area contributed by atoms with Gasteiger partial charge < -0.3 is 5.11 Å². The topological polar surface area (TPSA) is 37.3 Å². The Morgan fingerprint density at radius 2 is 1.96 bits per heavy atom. The summed E-state index contributed by atoms with van der Waals surface area (Å²) in [6.45, 7) is 4.46. The van der Waals surface area contributed by atoms with Gasteiger partial charge in [-0.15, -0.1) is 0 Å². The molecule has 1 N–H and O–H groups in total. The smallest absolute Gasteiger partial charge is 0.185 e. The molecule has 0 radical (unpaired) electrons. The van der Waals surface area contributed by atoms with Crippen molar-refractivity contribution in [3.8, 4) is 0 Å². The molecule has 0 bridgehead atoms. The number of allylic oxidation sites excluding steroid dienone is 3. The van der Waals surface area contributed by atoms with Gasteiger partial charge >= 0.3 is 0 Å². The molecule has 4 rings (SSSR count). The predicted molar refractivity (Wildman–Crippen MR) is 91.9 cm³/mol. The van der Waals surface area contributed by atoms with Crippen molar-refractivity contribution in [1.82, 2.24) is 0 Å². The Hall–Kier alpha value is -0.890. The molecule has 3 fully saturated rings. The van der Waals surface area contributed by atoms with Gasteiger partial charge in [-0.2, -0.15) is 0 Å². The molecule has 126 valence electrons. The van der Waals surface area contributed by atoms with E-state index < -0.39 is 0 Å². The Morgan fingerprint density at radius 1 is 1.13 bits per heavy atom. The number of rotatable bonds is 2. The number of aliphatic hydroxyl groups is 1. The average molecular weight is 314 g/mol. The molecule has 0 aromatic carbocycles. The lowest BCUT2D eigenvalue weighted by Crippen LogP contribution is -2.50. The highest BCUT2D eigenvalue weighted by molar-refractivity contribution is 5.99. The van der Waals surface area contributed by atoms with E-state index in [-0.39, 0.29) is 17.8 Å². The van der Waals surface area contributed by atoms with E-state index in [1.807, 2.05) is 6.08 Å². The number of ketones is 1. The lowest BCUT2D eigenvalue weighted by atomic mass is 9.46. The van der Waals surface area contributed by atoms with Crippen LogP contribution in [0.15, 0.2) is 23.3 Å². The van der Waals surface area contributed by atoms with E-state index >= 15 is 0 Å². The Morgan fingerprint density at radius 3 is 2.74 bits per heavy atom. The summed E-state index contributed by atoms with van der Waals surface area (Å²) < 4.78 is 0. The third kappa shape index (κ3) is 2.06. The molecule has 0 spiro atoms. The first-order valence-corrected chi connectivity index (χ1v) is 9.57. The summed E-state index contributed by atoms with van der Waals surface area (Å²) in [7, 11) is 0. The van der Waals surface area contributed by atoms with Gasteiger partial charge in [0.1, 0.15) is 6.61 Å². The Labute approximate surface area is 140 Å². The van der Waals surface area contributed by atoms with Crippen LogP contribution in [0, 0.1) is 28.6 Å². The normalized spacial score (nSPS) is 45.4. The van der Waals surface area contributed by atoms with Crippen molar-refractivity contribution in [3.05, 3.63) is 23.3 Å². The monoisotopic (exact) mass is 314 g/mol. The first-order valence-electron chi connectivity index (χ1n) is 9.57. The fourth-order valence-electron chi connectivity index (χ4n) is 6.78. The third-order valence-corrected chi connectivity index (χ3v) is 8.07. The van der Waals surface area contributed by atoms with Crippen molar-refractivity contribution in [2.45, 2.75) is 65.2 Å². The summed E-state index contributed by atoms with van der Waals surface area (Å²) in [5.41, 5.74) is 2.80. The maximum Gasteiger partial charge on any atom is 0.185 e. The largest absolute Gasteiger partial charge is 0.388 e. The minimum absolute atomic E-state index is 0.0743. The molecule has 0 heterocycles. The molecule has 2 heteroatoms. The van der Waals surface area contributed by atoms with Crippen molar-refractivity contribution in [3.63, 3.8) is 0 Å². The second-order valence-electron chi connectivity index (χ2n) is 8.89. The summed E-state index contributed by atoms with van der Waals surface area (Å²) in [5, 5.41) is 9.31. The first-order chi connectivity index (χ1) is 11.0. The summed E-state index contributed by atoms with van der Waals surface area (Å²) in [5.74, 6) is 2.32. The molecule has 0 aromatic heterocycles. The van der Waals surface area contributed by atoms with E-state index in [1.165, 1.54) is 50.5 Å². The number of fused-ring (bicyclic) bond motifs is 5. The van der Waals surface area contributed by atoms with Gasteiger partial charge in [0.15, 0.2) is 5.78 Å². The van der Waals surface area contributed by atoms with Crippen LogP contribution >= 0.6 is 0 Å². The third-order valence-electron chi connectivity index (χ3n) is 8.07. The van der Waals surface area contributed by atoms with E-state index in [9.17, 15) is 9.90 Å². The van der Waals surface area contributed by atoms with Gasteiger partial charge in [0.25, 0.3) is 0 Å². The molecule has 1 unspecified atom stereocenters. The van der Waals surface area contributed by atoms with Crippen LogP contribution in [0.5, 0.6) is 0 Å². The molecule has 23 heavy (non-hydrogen) atoms. The van der Waals surface area contributed by atoms with Crippen molar-refractivity contribution in [2.24, 2.45) is 28.6 Å². The van der Waals surface area contributed by atoms with Crippen LogP contribution in [0.1, 0.15) is 65.2 Å². The highest BCUT2D eigenvalue weighted by Crippen LogP contribution is 2.65. The van der Waals surface area contributed by atoms with Crippen LogP contribution in [0.3, 0.4) is 0 Å². The lowest BCUT2D eigenvalue weighted by molar-refractivity contribution is -0.119. The minimum Gasteiger partial charge on any atom is -0.388 e. The average Bonchev–Trinajstić information content (AvgIpc) is 2.91. The van der Waals surface area contributed by atoms with Crippen LogP contribution in [0.2, 0.25) is 0 Å². The Kier molecular flexibility index (Phi) is 3.61.